The van der Waals surface area contributed by atoms with Gasteiger partial charge in [-0.2, -0.15) is 10.4 Å². The van der Waals surface area contributed by atoms with Crippen molar-refractivity contribution in [2.24, 2.45) is 0 Å². The number of alkyl carbamates (subject to hydrolysis) is 3. The zero-order valence-electron chi connectivity index (χ0n) is 73.7. The number of imidazole rings is 1. The van der Waals surface area contributed by atoms with Gasteiger partial charge in [-0.15, -0.1) is 35.4 Å². The molecule has 0 unspecified atom stereocenters. The van der Waals surface area contributed by atoms with Gasteiger partial charge in [0.25, 0.3) is 11.7 Å². The van der Waals surface area contributed by atoms with Crippen LogP contribution >= 0.6 is 22.6 Å². The summed E-state index contributed by atoms with van der Waals surface area (Å²) in [5, 5.41) is 69.6. The van der Waals surface area contributed by atoms with Crippen molar-refractivity contribution >= 4 is 99.4 Å². The van der Waals surface area contributed by atoms with Crippen molar-refractivity contribution < 1.29 is 110 Å². The maximum atomic E-state index is 13.2. The van der Waals surface area contributed by atoms with Crippen molar-refractivity contribution in [3.63, 3.8) is 0 Å². The zero-order valence-corrected chi connectivity index (χ0v) is 75.9. The normalized spacial score (nSPS) is 12.9. The maximum Gasteiger partial charge on any atom is 0.408 e. The molecule has 1 aliphatic rings. The first-order valence-corrected chi connectivity index (χ1v) is 41.7. The van der Waals surface area contributed by atoms with Crippen LogP contribution in [0.1, 0.15) is 152 Å². The second-order valence-electron chi connectivity index (χ2n) is 32.2. The number of benzene rings is 6. The van der Waals surface area contributed by atoms with Crippen LogP contribution in [0.4, 0.5) is 14.4 Å². The minimum atomic E-state index is -1.30. The van der Waals surface area contributed by atoms with E-state index in [9.17, 15) is 63.0 Å². The van der Waals surface area contributed by atoms with E-state index in [4.69, 9.17) is 47.3 Å². The number of halogens is 1. The molecule has 0 spiro atoms. The van der Waals surface area contributed by atoms with E-state index in [2.05, 4.69) is 87.2 Å². The summed E-state index contributed by atoms with van der Waals surface area (Å²) < 4.78 is 53.9. The van der Waals surface area contributed by atoms with Crippen LogP contribution in [-0.2, 0) is 106 Å². The lowest BCUT2D eigenvalue weighted by atomic mass is 9.95. The largest absolute Gasteiger partial charge is 0.507 e. The van der Waals surface area contributed by atoms with Gasteiger partial charge in [0.2, 0.25) is 17.5 Å². The second kappa shape index (κ2) is 46.3. The van der Waals surface area contributed by atoms with Gasteiger partial charge < -0.3 is 83.1 Å². The van der Waals surface area contributed by atoms with Gasteiger partial charge in [0.05, 0.1) is 65.5 Å². The van der Waals surface area contributed by atoms with Crippen LogP contribution in [0.3, 0.4) is 0 Å². The topological polar surface area (TPSA) is 543 Å². The molecule has 11 aromatic rings. The minimum absolute atomic E-state index is 0.0139. The molecular weight excluding hydrogens is 1800 g/mol. The monoisotopic (exact) mass is 1900 g/mol. The van der Waals surface area contributed by atoms with E-state index < -0.39 is 107 Å². The summed E-state index contributed by atoms with van der Waals surface area (Å²) >= 11 is 2.03. The first kappa shape index (κ1) is 99.3. The number of aromatic hydroxyl groups is 1. The molecule has 42 heteroatoms. The average molecular weight is 1910 g/mol. The number of carbonyl (C=O) groups excluding carboxylic acids is 10. The number of H-pyrrole nitrogens is 2. The molecule has 688 valence electrons. The molecule has 1 fully saturated rings. The molecule has 0 aliphatic heterocycles. The Labute approximate surface area is 759 Å². The van der Waals surface area contributed by atoms with E-state index >= 15 is 0 Å². The molecular formula is C88H101IN18O23. The van der Waals surface area contributed by atoms with Gasteiger partial charge >= 0.3 is 54.1 Å². The summed E-state index contributed by atoms with van der Waals surface area (Å²) in [5.74, 6) is -3.79. The van der Waals surface area contributed by atoms with Gasteiger partial charge in [-0.3, -0.25) is 19.2 Å². The van der Waals surface area contributed by atoms with E-state index in [0.717, 1.165) is 53.5 Å². The molecule has 0 saturated heterocycles. The third-order valence-corrected chi connectivity index (χ3v) is 19.4. The van der Waals surface area contributed by atoms with Gasteiger partial charge in [0.15, 0.2) is 6.73 Å². The number of carboxylic acid groups (broad SMARTS) is 1. The predicted molar refractivity (Wildman–Crippen MR) is 471 cm³/mol. The SMILES string of the molecule is COC(=O)C(=O)[C@H](Cc1ccc(OC(C)=O)c(-c2nnn(COCc3ccccc3)n2)c1)NC(=O)OC(C)(C)C.COC(=O)[C@H](Cc1ccc(O)c(-c2nn[nH]n2)c1)NC(=O)OC(C)(C)C.COC(=O)[C@H](Cc1ccc(OC(C)=O)c(I)c1)NC(=O)OC(C)(C)C.O=C(N[C@@H](Cc1cccc(-c2nn[nH]n2)c1)C(=O)O)c1ccc2c(c1)nc(-c1ccoc1)n2C1CCCCC1. The molecule has 4 atom stereocenters. The Balaban J connectivity index is 0.000000200. The Morgan fingerprint density at radius 1 is 0.546 bits per heavy atom. The summed E-state index contributed by atoms with van der Waals surface area (Å²) in [5.41, 5.74) is 5.60. The second-order valence-corrected chi connectivity index (χ2v) is 33.4. The van der Waals surface area contributed by atoms with E-state index in [1.807, 2.05) is 71.1 Å². The van der Waals surface area contributed by atoms with Crippen LogP contribution in [0.5, 0.6) is 17.2 Å². The number of methoxy groups -OCH3 is 3. The highest BCUT2D eigenvalue weighted by molar-refractivity contribution is 14.1. The molecule has 5 aromatic heterocycles. The van der Waals surface area contributed by atoms with Crippen molar-refractivity contribution in [1.82, 2.24) is 92.3 Å². The Kier molecular flexibility index (Phi) is 35.4. The number of tetrazole rings is 3. The molecule has 8 N–H and O–H groups in total. The number of fused-ring (bicyclic) bond motifs is 1. The van der Waals surface area contributed by atoms with Crippen LogP contribution in [-0.4, -0.2) is 209 Å². The number of amides is 4. The van der Waals surface area contributed by atoms with Crippen LogP contribution in [0.15, 0.2) is 150 Å². The van der Waals surface area contributed by atoms with Crippen molar-refractivity contribution in [3.05, 3.63) is 183 Å². The molecule has 12 rings (SSSR count). The quantitative estimate of drug-likeness (QED) is 0.00709. The number of Topliss-reactive ketones (excluding diaryl/α,β-unsaturated/α-hetero) is 1. The highest BCUT2D eigenvalue weighted by Crippen LogP contribution is 2.38. The maximum absolute atomic E-state index is 13.2. The molecule has 5 heterocycles. The molecule has 130 heavy (non-hydrogen) atoms. The number of carbonyl (C=O) groups is 11. The zero-order chi connectivity index (χ0) is 94.6. The Morgan fingerprint density at radius 2 is 1.08 bits per heavy atom. The molecule has 0 bridgehead atoms. The summed E-state index contributed by atoms with van der Waals surface area (Å²) in [6, 6.07) is 34.5. The molecule has 6 aromatic carbocycles. The van der Waals surface area contributed by atoms with Crippen LogP contribution in [0, 0.1) is 3.57 Å². The van der Waals surface area contributed by atoms with Crippen molar-refractivity contribution in [1.29, 1.82) is 0 Å². The molecule has 1 aliphatic carbocycles. The number of aromatic amines is 2. The van der Waals surface area contributed by atoms with Crippen molar-refractivity contribution in [3.8, 4) is 62.8 Å². The Morgan fingerprint density at radius 3 is 1.63 bits per heavy atom. The Hall–Kier alpha value is -14.5. The lowest BCUT2D eigenvalue weighted by Gasteiger charge is -2.25. The number of hydrogen-bond donors (Lipinski definition) is 8. The number of ketones is 1. The average Bonchev–Trinajstić information content (AvgIpc) is 1.61. The summed E-state index contributed by atoms with van der Waals surface area (Å²) in [6.45, 7) is 18.3. The number of phenolic OH excluding ortho intramolecular Hbond substituents is 1. The lowest BCUT2D eigenvalue weighted by Crippen LogP contribution is -2.47. The molecule has 1 saturated carbocycles. The highest BCUT2D eigenvalue weighted by Gasteiger charge is 2.34. The number of carboxylic acids is 1. The van der Waals surface area contributed by atoms with Crippen LogP contribution < -0.4 is 30.7 Å². The molecule has 4 amide bonds. The number of nitrogens with one attached hydrogen (secondary N) is 6. The van der Waals surface area contributed by atoms with E-state index in [1.165, 1.54) is 64.3 Å². The van der Waals surface area contributed by atoms with Crippen molar-refractivity contribution in [2.45, 2.75) is 194 Å². The van der Waals surface area contributed by atoms with Gasteiger partial charge in [0.1, 0.15) is 70.3 Å². The van der Waals surface area contributed by atoms with Crippen LogP contribution in [0.2, 0.25) is 0 Å². The number of nitrogens with zero attached hydrogens (tertiary/aromatic N) is 12. The predicted octanol–water partition coefficient (Wildman–Crippen LogP) is 11.0. The standard InChI is InChI=1S/C28H27N7O4.C27H31N5O8.C17H22INO6.C16H21N5O5/c36-27(30-23(28(37)38)14-17-5-4-6-18(13-17)25-31-33-34-32-25)19-9-10-24-22(15-19)29-26(20-11-12-39-16-20)35(24)21-7-2-1-3-8-21;1-17(33)39-22-12-11-19(14-21(23(34)25(35)37-5)28-26(36)40-27(2,3)4)13-20(22)24-29-31-32(30-24)16-38-15-18-9-7-6-8-10-18;1-10(20)24-14-7-6-11(8-12(14)18)9-13(15(21)23-5)19-16(22)25-17(2,3)4;1-16(2,3)26-15(24)17-11(14(23)25-4)8-9-5-6-12(22)10(7-9)13-18-20-21-19-13/h4-6,9-13,15-16,21,23H,1-3,7-8,14H2,(H,30,36)(H,37,38)(H,31,32,33,34);6-13,21H,14-16H2,1-5H3,(H,28,36);6-8,13H,9H2,1-5H3,(H,19,22);5-7,11,22H,8H2,1-4H3,(H,17,24)(H,18,19,20,21)/t23-;21-;13-;11-/m0000/s1. The van der Waals surface area contributed by atoms with Crippen LogP contribution in [0.25, 0.3) is 56.6 Å². The van der Waals surface area contributed by atoms with Crippen molar-refractivity contribution in [2.75, 3.05) is 21.3 Å². The summed E-state index contributed by atoms with van der Waals surface area (Å²) in [4.78, 5) is 139. The number of ether oxygens (including phenoxy) is 9. The number of hydrogen-bond acceptors (Lipinski definition) is 32. The number of rotatable bonds is 29. The number of phenols is 1. The summed E-state index contributed by atoms with van der Waals surface area (Å²) in [6.07, 6.45) is 7.03. The van der Waals surface area contributed by atoms with Gasteiger partial charge in [-0.05, 0) is 208 Å². The van der Waals surface area contributed by atoms with E-state index in [-0.39, 0.29) is 55.6 Å². The molecule has 0 radical (unpaired) electrons. The minimum Gasteiger partial charge on any atom is -0.507 e. The molecule has 41 nitrogen and oxygen atoms in total. The first-order valence-electron chi connectivity index (χ1n) is 40.6. The van der Waals surface area contributed by atoms with Gasteiger partial charge in [0, 0.05) is 56.7 Å². The third kappa shape index (κ3) is 30.7. The number of aliphatic carboxylic acids is 1. The smallest absolute Gasteiger partial charge is 0.408 e. The van der Waals surface area contributed by atoms with Gasteiger partial charge in [-0.1, -0.05) is 86.0 Å². The number of esters is 5. The fourth-order valence-electron chi connectivity index (χ4n) is 12.9. The fourth-order valence-corrected chi connectivity index (χ4v) is 13.6. The van der Waals surface area contributed by atoms with Gasteiger partial charge in [-0.25, -0.2) is 38.5 Å². The number of furan rings is 1. The Bertz CT molecular complexity index is 5720. The highest BCUT2D eigenvalue weighted by atomic mass is 127. The lowest BCUT2D eigenvalue weighted by molar-refractivity contribution is -0.152. The van der Waals surface area contributed by atoms with E-state index in [1.54, 1.807) is 148 Å². The number of aromatic nitrogens is 14. The first-order chi connectivity index (χ1) is 61.7. The summed E-state index contributed by atoms with van der Waals surface area (Å²) in [7, 11) is 3.54. The fraction of sp³-hybridized carbons (Fsp3) is 0.375. The van der Waals surface area contributed by atoms with E-state index in [0.29, 0.717) is 66.7 Å². The third-order valence-electron chi connectivity index (χ3n) is 18.5.